The van der Waals surface area contributed by atoms with Gasteiger partial charge in [-0.3, -0.25) is 0 Å². The molecule has 0 bridgehead atoms. The molecular formula is C76H97NO9. The van der Waals surface area contributed by atoms with Gasteiger partial charge in [-0.15, -0.1) is 26.3 Å². The highest BCUT2D eigenvalue weighted by molar-refractivity contribution is 5.91. The van der Waals surface area contributed by atoms with E-state index >= 15 is 0 Å². The number of rotatable bonds is 33. The van der Waals surface area contributed by atoms with Crippen LogP contribution in [-0.2, 0) is 23.7 Å². The third-order valence-corrected chi connectivity index (χ3v) is 13.0. The summed E-state index contributed by atoms with van der Waals surface area (Å²) in [5.74, 6) is -0.520. The number of hydrogen-bond donors (Lipinski definition) is 1. The number of benzene rings is 6. The van der Waals surface area contributed by atoms with Gasteiger partial charge in [0.15, 0.2) is 0 Å². The first-order valence-corrected chi connectivity index (χ1v) is 29.4. The number of esters is 3. The Kier molecular flexibility index (Phi) is 43.2. The van der Waals surface area contributed by atoms with E-state index in [0.717, 1.165) is 64.6 Å². The molecule has 0 aliphatic heterocycles. The van der Waals surface area contributed by atoms with Crippen LogP contribution in [0.2, 0.25) is 0 Å². The average molecular weight is 1170 g/mol. The second-order valence-electron chi connectivity index (χ2n) is 19.1. The highest BCUT2D eigenvalue weighted by Crippen LogP contribution is 2.22. The van der Waals surface area contributed by atoms with Crippen LogP contribution in [0.5, 0.6) is 0 Å². The van der Waals surface area contributed by atoms with Crippen LogP contribution in [-0.4, -0.2) is 100 Å². The fourth-order valence-corrected chi connectivity index (χ4v) is 7.52. The number of unbranched alkanes of at least 4 members (excludes halogenated alkanes) is 3. The maximum Gasteiger partial charge on any atom is 0.338 e. The molecule has 1 N–H and O–H groups in total. The lowest BCUT2D eigenvalue weighted by Crippen LogP contribution is -2.21. The number of carbonyl (C=O) groups is 3. The van der Waals surface area contributed by atoms with Crippen LogP contribution in [0.4, 0.5) is 0 Å². The first-order valence-electron chi connectivity index (χ1n) is 29.4. The minimum Gasteiger partial charge on any atom is -0.462 e. The molecule has 10 heteroatoms. The summed E-state index contributed by atoms with van der Waals surface area (Å²) in [5, 5.41) is 8.65. The highest BCUT2D eigenvalue weighted by atomic mass is 16.5. The molecule has 10 nitrogen and oxygen atoms in total. The minimum atomic E-state index is -0.317. The lowest BCUT2D eigenvalue weighted by molar-refractivity contribution is 0.0471. The molecule has 0 atom stereocenters. The molecule has 0 aromatic heterocycles. The monoisotopic (exact) mass is 1170 g/mol. The molecule has 6 rings (SSSR count). The Morgan fingerprint density at radius 2 is 0.663 bits per heavy atom. The molecule has 0 radical (unpaired) electrons. The number of nitrogens with zero attached hydrogens (tertiary/aromatic N) is 1. The van der Waals surface area contributed by atoms with E-state index in [1.165, 1.54) is 19.6 Å². The minimum absolute atomic E-state index is 0. The van der Waals surface area contributed by atoms with Gasteiger partial charge >= 0.3 is 17.9 Å². The van der Waals surface area contributed by atoms with Gasteiger partial charge in [0, 0.05) is 31.7 Å². The Morgan fingerprint density at radius 1 is 0.407 bits per heavy atom. The van der Waals surface area contributed by atoms with E-state index in [4.69, 9.17) is 28.8 Å². The summed E-state index contributed by atoms with van der Waals surface area (Å²) in [4.78, 5) is 38.3. The molecule has 6 aromatic rings. The first-order chi connectivity index (χ1) is 41.4. The Labute approximate surface area is 516 Å². The topological polar surface area (TPSA) is 121 Å². The summed E-state index contributed by atoms with van der Waals surface area (Å²) >= 11 is 0. The van der Waals surface area contributed by atoms with E-state index in [2.05, 4.69) is 71.7 Å². The third kappa shape index (κ3) is 32.7. The number of aliphatic hydroxyl groups excluding tert-OH is 1. The zero-order valence-corrected chi connectivity index (χ0v) is 50.8. The summed E-state index contributed by atoms with van der Waals surface area (Å²) < 4.78 is 26.8. The van der Waals surface area contributed by atoms with Crippen molar-refractivity contribution in [2.45, 2.75) is 66.7 Å². The molecule has 0 aliphatic carbocycles. The summed E-state index contributed by atoms with van der Waals surface area (Å²) in [6.07, 6.45) is 15.2. The SMILES string of the molecule is C.C=CC(=C)C=C.C=CC(C=C)COCCCCOC(=O)c1ccc(-c2ccccc2)cc1.C=CC(C=C)COCCCCOC(=O)c1ccc(-c2ccccc2)cc1.CCN(CC)CC.O=C(OCCCCO)c1ccc(-c2ccccc2)cc1. The molecular weight excluding hydrogens is 1070 g/mol. The van der Waals surface area contributed by atoms with E-state index in [9.17, 15) is 14.4 Å². The zero-order chi connectivity index (χ0) is 62.1. The highest BCUT2D eigenvalue weighted by Gasteiger charge is 2.10. The first kappa shape index (κ1) is 75.8. The molecule has 6 aromatic carbocycles. The average Bonchev–Trinajstić information content (AvgIpc) is 3.50. The van der Waals surface area contributed by atoms with E-state index in [-0.39, 0.29) is 43.8 Å². The quantitative estimate of drug-likeness (QED) is 0.0140. The number of ether oxygens (including phenoxy) is 5. The zero-order valence-electron chi connectivity index (χ0n) is 50.8. The lowest BCUT2D eigenvalue weighted by atomic mass is 10.0. The predicted octanol–water partition coefficient (Wildman–Crippen LogP) is 17.8. The summed E-state index contributed by atoms with van der Waals surface area (Å²) in [5.41, 5.74) is 9.17. The summed E-state index contributed by atoms with van der Waals surface area (Å²) in [6, 6.07) is 52.5. The molecule has 0 fully saturated rings. The van der Waals surface area contributed by atoms with Crippen LogP contribution in [0.25, 0.3) is 33.4 Å². The molecule has 0 aliphatic rings. The second kappa shape index (κ2) is 49.1. The van der Waals surface area contributed by atoms with Crippen LogP contribution in [0.15, 0.2) is 252 Å². The molecule has 0 unspecified atom stereocenters. The Bertz CT molecular complexity index is 2630. The smallest absolute Gasteiger partial charge is 0.338 e. The largest absolute Gasteiger partial charge is 0.462 e. The summed E-state index contributed by atoms with van der Waals surface area (Å²) in [6.45, 7) is 39.2. The fraction of sp³-hybridized carbons (Fsp3) is 0.303. The van der Waals surface area contributed by atoms with Gasteiger partial charge in [0.05, 0.1) is 49.7 Å². The van der Waals surface area contributed by atoms with Crippen LogP contribution in [0.3, 0.4) is 0 Å². The van der Waals surface area contributed by atoms with Crippen molar-refractivity contribution in [3.05, 3.63) is 269 Å². The Morgan fingerprint density at radius 3 is 0.884 bits per heavy atom. The van der Waals surface area contributed by atoms with Crippen LogP contribution >= 0.6 is 0 Å². The van der Waals surface area contributed by atoms with Gasteiger partial charge in [-0.2, -0.15) is 0 Å². The number of hydrogen-bond acceptors (Lipinski definition) is 10. The van der Waals surface area contributed by atoms with E-state index in [1.807, 2.05) is 152 Å². The van der Waals surface area contributed by atoms with Crippen molar-refractivity contribution in [1.29, 1.82) is 0 Å². The van der Waals surface area contributed by atoms with Crippen molar-refractivity contribution in [2.24, 2.45) is 11.8 Å². The number of aliphatic hydroxyl groups is 1. The molecule has 460 valence electrons. The van der Waals surface area contributed by atoms with Crippen LogP contribution in [0, 0.1) is 11.8 Å². The Hall–Kier alpha value is -8.25. The van der Waals surface area contributed by atoms with E-state index < -0.39 is 0 Å². The summed E-state index contributed by atoms with van der Waals surface area (Å²) in [7, 11) is 0. The van der Waals surface area contributed by atoms with Crippen molar-refractivity contribution in [2.75, 3.05) is 72.5 Å². The second-order valence-corrected chi connectivity index (χ2v) is 19.1. The lowest BCUT2D eigenvalue weighted by Gasteiger charge is -2.13. The molecule has 86 heavy (non-hydrogen) atoms. The van der Waals surface area contributed by atoms with Gasteiger partial charge < -0.3 is 33.7 Å². The van der Waals surface area contributed by atoms with Crippen LogP contribution < -0.4 is 0 Å². The molecule has 0 heterocycles. The maximum absolute atomic E-state index is 12.1. The third-order valence-electron chi connectivity index (χ3n) is 13.0. The Balaban J connectivity index is 0.000000583. The van der Waals surface area contributed by atoms with Crippen LogP contribution in [0.1, 0.15) is 97.8 Å². The maximum atomic E-state index is 12.1. The van der Waals surface area contributed by atoms with Gasteiger partial charge in [-0.25, -0.2) is 14.4 Å². The molecule has 0 saturated carbocycles. The van der Waals surface area contributed by atoms with Crippen molar-refractivity contribution >= 4 is 17.9 Å². The standard InChI is InChI=1S/2C23H26O3.C17H18O3.C6H15N.C6H8.CH4/c2*1-3-19(4-2)18-25-16-8-9-17-26-23(24)22-14-12-21(13-15-22)20-10-6-5-7-11-20;18-12-4-5-13-20-17(19)16-10-8-15(9-11-16)14-6-2-1-3-7-14;1-4-7(5-2)6-3;1-4-6(3)5-2;/h2*3-7,10-15,19H,1-2,8-9,16-18H2;1-3,6-11,18H,4-5,12-13H2;4-6H2,1-3H3;4-5H,1-3H2;1H4. The van der Waals surface area contributed by atoms with Crippen molar-refractivity contribution in [1.82, 2.24) is 4.90 Å². The van der Waals surface area contributed by atoms with Gasteiger partial charge in [-0.1, -0.05) is 212 Å². The van der Waals surface area contributed by atoms with Crippen molar-refractivity contribution < 1.29 is 43.2 Å². The predicted molar refractivity (Wildman–Crippen MR) is 360 cm³/mol. The fourth-order valence-electron chi connectivity index (χ4n) is 7.52. The molecule has 0 amide bonds. The number of carbonyl (C=O) groups excluding carboxylic acids is 3. The van der Waals surface area contributed by atoms with Gasteiger partial charge in [-0.05, 0) is 134 Å². The van der Waals surface area contributed by atoms with Gasteiger partial charge in [0.1, 0.15) is 0 Å². The molecule has 0 saturated heterocycles. The van der Waals surface area contributed by atoms with Gasteiger partial charge in [0.25, 0.3) is 0 Å². The van der Waals surface area contributed by atoms with E-state index in [0.29, 0.717) is 75.8 Å². The van der Waals surface area contributed by atoms with Crippen molar-refractivity contribution in [3.8, 4) is 33.4 Å². The van der Waals surface area contributed by atoms with Crippen molar-refractivity contribution in [3.63, 3.8) is 0 Å². The number of allylic oxidation sites excluding steroid dienone is 3. The molecule has 0 spiro atoms. The van der Waals surface area contributed by atoms with Gasteiger partial charge in [0.2, 0.25) is 0 Å². The normalized spacial score (nSPS) is 10.0. The van der Waals surface area contributed by atoms with E-state index in [1.54, 1.807) is 48.6 Å².